The molecular weight excluding hydrogens is 208 g/mol. The Hall–Kier alpha value is -0.0800. The summed E-state index contributed by atoms with van der Waals surface area (Å²) in [4.78, 5) is 2.70. The normalized spacial score (nSPS) is 34.2. The van der Waals surface area contributed by atoms with E-state index in [1.165, 1.54) is 51.7 Å². The fourth-order valence-corrected chi connectivity index (χ4v) is 3.67. The van der Waals surface area contributed by atoms with E-state index in [9.17, 15) is 0 Å². The Balaban J connectivity index is 1.90. The summed E-state index contributed by atoms with van der Waals surface area (Å²) >= 11 is 0. The lowest BCUT2D eigenvalue weighted by molar-refractivity contribution is 0.0297. The molecule has 0 radical (unpaired) electrons. The largest absolute Gasteiger partial charge is 0.313 e. The van der Waals surface area contributed by atoms with Crippen LogP contribution < -0.4 is 5.32 Å². The van der Waals surface area contributed by atoms with Crippen molar-refractivity contribution in [2.45, 2.75) is 65.0 Å². The van der Waals surface area contributed by atoms with E-state index < -0.39 is 0 Å². The average Bonchev–Trinajstić information content (AvgIpc) is 2.28. The minimum Gasteiger partial charge on any atom is -0.313 e. The SMILES string of the molecule is CCCCNC1C2CCCC1CN(C(C)C)C2. The van der Waals surface area contributed by atoms with Gasteiger partial charge in [0, 0.05) is 25.2 Å². The highest BCUT2D eigenvalue weighted by Gasteiger charge is 2.39. The van der Waals surface area contributed by atoms with Crippen LogP contribution in [0.2, 0.25) is 0 Å². The van der Waals surface area contributed by atoms with E-state index in [0.717, 1.165) is 23.9 Å². The Kier molecular flexibility index (Phi) is 4.87. The number of nitrogens with one attached hydrogen (secondary N) is 1. The number of unbranched alkanes of at least 4 members (excludes halogenated alkanes) is 1. The quantitative estimate of drug-likeness (QED) is 0.741. The summed E-state index contributed by atoms with van der Waals surface area (Å²) < 4.78 is 0. The number of hydrogen-bond acceptors (Lipinski definition) is 2. The highest BCUT2D eigenvalue weighted by atomic mass is 15.2. The van der Waals surface area contributed by atoms with Gasteiger partial charge >= 0.3 is 0 Å². The zero-order valence-electron chi connectivity index (χ0n) is 11.9. The van der Waals surface area contributed by atoms with Crippen molar-refractivity contribution in [1.29, 1.82) is 0 Å². The van der Waals surface area contributed by atoms with Crippen molar-refractivity contribution in [3.05, 3.63) is 0 Å². The first-order chi connectivity index (χ1) is 8.22. The molecule has 1 saturated carbocycles. The van der Waals surface area contributed by atoms with Crippen LogP contribution in [-0.4, -0.2) is 36.6 Å². The molecule has 2 unspecified atom stereocenters. The third-order valence-corrected chi connectivity index (χ3v) is 4.74. The Morgan fingerprint density at radius 2 is 1.82 bits per heavy atom. The van der Waals surface area contributed by atoms with Gasteiger partial charge in [0.2, 0.25) is 0 Å². The van der Waals surface area contributed by atoms with Crippen molar-refractivity contribution >= 4 is 0 Å². The van der Waals surface area contributed by atoms with E-state index >= 15 is 0 Å². The summed E-state index contributed by atoms with van der Waals surface area (Å²) in [5, 5.41) is 3.86. The van der Waals surface area contributed by atoms with Gasteiger partial charge in [0.05, 0.1) is 0 Å². The van der Waals surface area contributed by atoms with Gasteiger partial charge in [-0.25, -0.2) is 0 Å². The summed E-state index contributed by atoms with van der Waals surface area (Å²) in [6.45, 7) is 10.9. The smallest absolute Gasteiger partial charge is 0.0148 e. The molecule has 17 heavy (non-hydrogen) atoms. The molecule has 0 spiro atoms. The van der Waals surface area contributed by atoms with Crippen LogP contribution in [0.5, 0.6) is 0 Å². The van der Waals surface area contributed by atoms with E-state index in [2.05, 4.69) is 31.0 Å². The molecule has 2 fully saturated rings. The molecule has 0 aromatic heterocycles. The standard InChI is InChI=1S/C15H30N2/c1-4-5-9-16-15-13-7-6-8-14(15)11-17(10-13)12(2)3/h12-16H,4-11H2,1-3H3. The van der Waals surface area contributed by atoms with Crippen LogP contribution >= 0.6 is 0 Å². The highest BCUT2D eigenvalue weighted by Crippen LogP contribution is 2.35. The molecule has 1 aliphatic carbocycles. The molecule has 1 saturated heterocycles. The lowest BCUT2D eigenvalue weighted by Crippen LogP contribution is -2.58. The van der Waals surface area contributed by atoms with E-state index in [4.69, 9.17) is 0 Å². The maximum absolute atomic E-state index is 3.86. The Labute approximate surface area is 107 Å². The summed E-state index contributed by atoms with van der Waals surface area (Å²) in [6, 6.07) is 1.56. The second kappa shape index (κ2) is 6.19. The molecule has 1 N–H and O–H groups in total. The lowest BCUT2D eigenvalue weighted by Gasteiger charge is -2.49. The van der Waals surface area contributed by atoms with Crippen LogP contribution in [0.25, 0.3) is 0 Å². The summed E-state index contributed by atoms with van der Waals surface area (Å²) in [5.41, 5.74) is 0. The molecular formula is C15H30N2. The maximum atomic E-state index is 3.86. The molecule has 2 aliphatic rings. The van der Waals surface area contributed by atoms with E-state index in [-0.39, 0.29) is 0 Å². The first-order valence-electron chi connectivity index (χ1n) is 7.69. The first-order valence-corrected chi connectivity index (χ1v) is 7.69. The monoisotopic (exact) mass is 238 g/mol. The van der Waals surface area contributed by atoms with Crippen LogP contribution in [0.1, 0.15) is 52.9 Å². The number of piperidine rings is 1. The Morgan fingerprint density at radius 3 is 2.35 bits per heavy atom. The molecule has 2 atom stereocenters. The van der Waals surface area contributed by atoms with Crippen molar-refractivity contribution in [3.63, 3.8) is 0 Å². The highest BCUT2D eigenvalue weighted by molar-refractivity contribution is 4.95. The van der Waals surface area contributed by atoms with Gasteiger partial charge in [0.15, 0.2) is 0 Å². The van der Waals surface area contributed by atoms with Crippen molar-refractivity contribution in [2.24, 2.45) is 11.8 Å². The molecule has 0 amide bonds. The molecule has 0 aromatic rings. The predicted molar refractivity (Wildman–Crippen MR) is 74.2 cm³/mol. The van der Waals surface area contributed by atoms with Gasteiger partial charge in [0.25, 0.3) is 0 Å². The van der Waals surface area contributed by atoms with Gasteiger partial charge in [-0.3, -0.25) is 0 Å². The summed E-state index contributed by atoms with van der Waals surface area (Å²) in [6.07, 6.45) is 7.01. The molecule has 100 valence electrons. The molecule has 2 nitrogen and oxygen atoms in total. The third-order valence-electron chi connectivity index (χ3n) is 4.74. The molecule has 2 bridgehead atoms. The van der Waals surface area contributed by atoms with Crippen LogP contribution in [0, 0.1) is 11.8 Å². The van der Waals surface area contributed by atoms with Gasteiger partial charge < -0.3 is 10.2 Å². The fourth-order valence-electron chi connectivity index (χ4n) is 3.67. The van der Waals surface area contributed by atoms with Crippen LogP contribution in [0.4, 0.5) is 0 Å². The molecule has 0 aromatic carbocycles. The van der Waals surface area contributed by atoms with Gasteiger partial charge in [-0.1, -0.05) is 19.8 Å². The average molecular weight is 238 g/mol. The van der Waals surface area contributed by atoms with Gasteiger partial charge in [-0.05, 0) is 51.5 Å². The van der Waals surface area contributed by atoms with Crippen LogP contribution in [0.3, 0.4) is 0 Å². The van der Waals surface area contributed by atoms with Crippen molar-refractivity contribution in [3.8, 4) is 0 Å². The number of hydrogen-bond donors (Lipinski definition) is 1. The van der Waals surface area contributed by atoms with Crippen LogP contribution in [-0.2, 0) is 0 Å². The van der Waals surface area contributed by atoms with Crippen LogP contribution in [0.15, 0.2) is 0 Å². The zero-order chi connectivity index (χ0) is 12.3. The van der Waals surface area contributed by atoms with Crippen molar-refractivity contribution < 1.29 is 0 Å². The van der Waals surface area contributed by atoms with Gasteiger partial charge in [-0.2, -0.15) is 0 Å². The van der Waals surface area contributed by atoms with Gasteiger partial charge in [0.1, 0.15) is 0 Å². The maximum Gasteiger partial charge on any atom is 0.0148 e. The van der Waals surface area contributed by atoms with E-state index in [1.54, 1.807) is 0 Å². The zero-order valence-corrected chi connectivity index (χ0v) is 11.9. The van der Waals surface area contributed by atoms with E-state index in [1.807, 2.05) is 0 Å². The minimum absolute atomic E-state index is 0.731. The second-order valence-corrected chi connectivity index (χ2v) is 6.33. The molecule has 2 heteroatoms. The van der Waals surface area contributed by atoms with Crippen molar-refractivity contribution in [1.82, 2.24) is 10.2 Å². The van der Waals surface area contributed by atoms with Gasteiger partial charge in [-0.15, -0.1) is 0 Å². The fraction of sp³-hybridized carbons (Fsp3) is 1.00. The third kappa shape index (κ3) is 3.23. The number of fused-ring (bicyclic) bond motifs is 2. The predicted octanol–water partition coefficient (Wildman–Crippen LogP) is 2.89. The number of nitrogens with zero attached hydrogens (tertiary/aromatic N) is 1. The summed E-state index contributed by atoms with van der Waals surface area (Å²) in [5.74, 6) is 1.84. The van der Waals surface area contributed by atoms with Crippen molar-refractivity contribution in [2.75, 3.05) is 19.6 Å². The Morgan fingerprint density at radius 1 is 1.18 bits per heavy atom. The topological polar surface area (TPSA) is 15.3 Å². The van der Waals surface area contributed by atoms with E-state index in [0.29, 0.717) is 0 Å². The Bertz CT molecular complexity index is 213. The molecule has 2 rings (SSSR count). The number of rotatable bonds is 5. The minimum atomic E-state index is 0.731. The molecule has 1 heterocycles. The number of likely N-dealkylation sites (tertiary alicyclic amines) is 1. The lowest BCUT2D eigenvalue weighted by atomic mass is 9.73. The molecule has 1 aliphatic heterocycles. The summed E-state index contributed by atoms with van der Waals surface area (Å²) in [7, 11) is 0. The second-order valence-electron chi connectivity index (χ2n) is 6.33. The first kappa shape index (κ1) is 13.4.